The van der Waals surface area contributed by atoms with Gasteiger partial charge < -0.3 is 5.11 Å². The molecule has 20 heavy (non-hydrogen) atoms. The number of aliphatic carboxylic acids is 1. The van der Waals surface area contributed by atoms with E-state index in [-0.39, 0.29) is 22.9 Å². The number of halogens is 1. The molecule has 0 spiro atoms. The summed E-state index contributed by atoms with van der Waals surface area (Å²) in [5.74, 6) is -1.15. The largest absolute Gasteiger partial charge is 0.480 e. The molecule has 112 valence electrons. The van der Waals surface area contributed by atoms with Crippen LogP contribution in [0.5, 0.6) is 0 Å². The van der Waals surface area contributed by atoms with E-state index in [2.05, 4.69) is 9.82 Å². The number of aryl methyl sites for hydroxylation is 1. The first-order valence-corrected chi connectivity index (χ1v) is 8.09. The molecule has 1 aliphatic rings. The number of carbonyl (C=O) groups is 1. The van der Waals surface area contributed by atoms with E-state index in [0.29, 0.717) is 12.8 Å². The van der Waals surface area contributed by atoms with Gasteiger partial charge in [-0.2, -0.15) is 9.82 Å². The molecule has 0 amide bonds. The molecule has 1 heterocycles. The van der Waals surface area contributed by atoms with Crippen molar-refractivity contribution in [1.29, 1.82) is 0 Å². The Kier molecular flexibility index (Phi) is 4.08. The number of rotatable bonds is 4. The third kappa shape index (κ3) is 2.68. The maximum absolute atomic E-state index is 12.4. The number of carboxylic acid groups (broad SMARTS) is 1. The van der Waals surface area contributed by atoms with E-state index in [1.165, 1.54) is 13.2 Å². The summed E-state index contributed by atoms with van der Waals surface area (Å²) >= 11 is 5.82. The first kappa shape index (κ1) is 15.3. The summed E-state index contributed by atoms with van der Waals surface area (Å²) in [5, 5.41) is 12.9. The number of nitrogens with zero attached hydrogens (tertiary/aromatic N) is 2. The lowest BCUT2D eigenvalue weighted by Gasteiger charge is -2.33. The summed E-state index contributed by atoms with van der Waals surface area (Å²) in [5.41, 5.74) is -1.45. The van der Waals surface area contributed by atoms with Crippen LogP contribution in [0.2, 0.25) is 5.02 Å². The van der Waals surface area contributed by atoms with Crippen molar-refractivity contribution in [2.45, 2.75) is 42.7 Å². The van der Waals surface area contributed by atoms with Gasteiger partial charge in [-0.05, 0) is 12.8 Å². The molecule has 1 saturated carbocycles. The van der Waals surface area contributed by atoms with E-state index in [4.69, 9.17) is 11.6 Å². The first-order valence-electron chi connectivity index (χ1n) is 6.23. The van der Waals surface area contributed by atoms with Gasteiger partial charge in [0, 0.05) is 7.05 Å². The average Bonchev–Trinajstić information content (AvgIpc) is 2.70. The van der Waals surface area contributed by atoms with Gasteiger partial charge in [0.2, 0.25) is 0 Å². The minimum Gasteiger partial charge on any atom is -0.480 e. The highest BCUT2D eigenvalue weighted by Gasteiger charge is 2.44. The van der Waals surface area contributed by atoms with Crippen molar-refractivity contribution in [3.05, 3.63) is 11.2 Å². The van der Waals surface area contributed by atoms with E-state index in [9.17, 15) is 18.3 Å². The van der Waals surface area contributed by atoms with Crippen LogP contribution in [-0.4, -0.2) is 34.8 Å². The zero-order valence-corrected chi connectivity index (χ0v) is 12.5. The molecule has 0 saturated heterocycles. The van der Waals surface area contributed by atoms with Crippen LogP contribution < -0.4 is 4.72 Å². The van der Waals surface area contributed by atoms with Crippen LogP contribution in [0.4, 0.5) is 0 Å². The first-order chi connectivity index (χ1) is 9.28. The smallest absolute Gasteiger partial charge is 0.324 e. The Balaban J connectivity index is 2.38. The highest BCUT2D eigenvalue weighted by Crippen LogP contribution is 2.31. The summed E-state index contributed by atoms with van der Waals surface area (Å²) in [4.78, 5) is 11.5. The number of aromatic nitrogens is 2. The predicted molar refractivity (Wildman–Crippen MR) is 72.0 cm³/mol. The van der Waals surface area contributed by atoms with E-state index >= 15 is 0 Å². The molecule has 1 fully saturated rings. The normalized spacial score (nSPS) is 18.9. The highest BCUT2D eigenvalue weighted by molar-refractivity contribution is 7.89. The number of sulfonamides is 1. The van der Waals surface area contributed by atoms with Gasteiger partial charge in [-0.15, -0.1) is 0 Å². The van der Waals surface area contributed by atoms with Crippen LogP contribution in [0.25, 0.3) is 0 Å². The average molecular weight is 322 g/mol. The third-order valence-corrected chi connectivity index (χ3v) is 5.58. The van der Waals surface area contributed by atoms with Gasteiger partial charge >= 0.3 is 5.97 Å². The maximum atomic E-state index is 12.4. The molecule has 9 heteroatoms. The van der Waals surface area contributed by atoms with Gasteiger partial charge in [0.15, 0.2) is 5.03 Å². The van der Waals surface area contributed by atoms with Gasteiger partial charge in [0.25, 0.3) is 10.0 Å². The minimum atomic E-state index is -4.04. The molecule has 0 aliphatic heterocycles. The van der Waals surface area contributed by atoms with E-state index in [1.54, 1.807) is 0 Å². The Hall–Kier alpha value is -1.12. The van der Waals surface area contributed by atoms with Crippen molar-refractivity contribution >= 4 is 27.6 Å². The summed E-state index contributed by atoms with van der Waals surface area (Å²) in [7, 11) is -2.60. The molecule has 2 N–H and O–H groups in total. The highest BCUT2D eigenvalue weighted by atomic mass is 35.5. The SMILES string of the molecule is Cn1ncc(Cl)c1S(=O)(=O)NC1(C(=O)O)CCCCC1. The van der Waals surface area contributed by atoms with Crippen LogP contribution in [0.3, 0.4) is 0 Å². The minimum absolute atomic E-state index is 0.0312. The molecule has 2 rings (SSSR count). The molecule has 0 bridgehead atoms. The molecule has 0 radical (unpaired) electrons. The Morgan fingerprint density at radius 3 is 2.50 bits per heavy atom. The molecule has 0 atom stereocenters. The van der Waals surface area contributed by atoms with E-state index in [0.717, 1.165) is 11.1 Å². The lowest BCUT2D eigenvalue weighted by atomic mass is 9.83. The number of nitrogens with one attached hydrogen (secondary N) is 1. The van der Waals surface area contributed by atoms with Crippen LogP contribution in [0.1, 0.15) is 32.1 Å². The fourth-order valence-corrected chi connectivity index (χ4v) is 4.60. The van der Waals surface area contributed by atoms with Crippen molar-refractivity contribution in [3.63, 3.8) is 0 Å². The van der Waals surface area contributed by atoms with Gasteiger partial charge in [-0.25, -0.2) is 8.42 Å². The molecular weight excluding hydrogens is 306 g/mol. The quantitative estimate of drug-likeness (QED) is 0.866. The fourth-order valence-electron chi connectivity index (χ4n) is 2.52. The Morgan fingerprint density at radius 1 is 1.45 bits per heavy atom. The van der Waals surface area contributed by atoms with Crippen molar-refractivity contribution < 1.29 is 18.3 Å². The second kappa shape index (κ2) is 5.34. The van der Waals surface area contributed by atoms with Crippen molar-refractivity contribution in [1.82, 2.24) is 14.5 Å². The lowest BCUT2D eigenvalue weighted by molar-refractivity contribution is -0.145. The second-order valence-corrected chi connectivity index (χ2v) is 6.98. The van der Waals surface area contributed by atoms with Crippen molar-refractivity contribution in [2.75, 3.05) is 0 Å². The standard InChI is InChI=1S/C11H16ClN3O4S/c1-15-9(8(12)7-13-15)20(18,19)14-11(10(16)17)5-3-2-4-6-11/h7,14H,2-6H2,1H3,(H,16,17). The van der Waals surface area contributed by atoms with Gasteiger partial charge in [-0.1, -0.05) is 30.9 Å². The Bertz CT molecular complexity index is 600. The monoisotopic (exact) mass is 321 g/mol. The topological polar surface area (TPSA) is 101 Å². The number of hydrogen-bond acceptors (Lipinski definition) is 4. The fraction of sp³-hybridized carbons (Fsp3) is 0.636. The summed E-state index contributed by atoms with van der Waals surface area (Å²) in [6, 6.07) is 0. The van der Waals surface area contributed by atoms with Crippen LogP contribution in [-0.2, 0) is 21.9 Å². The molecular formula is C11H16ClN3O4S. The second-order valence-electron chi connectivity index (χ2n) is 4.97. The van der Waals surface area contributed by atoms with E-state index in [1.807, 2.05) is 0 Å². The Morgan fingerprint density at radius 2 is 2.05 bits per heavy atom. The Labute approximate surface area is 122 Å². The molecule has 1 aliphatic carbocycles. The van der Waals surface area contributed by atoms with Crippen LogP contribution >= 0.6 is 11.6 Å². The predicted octanol–water partition coefficient (Wildman–Crippen LogP) is 1.14. The lowest BCUT2D eigenvalue weighted by Crippen LogP contribution is -2.55. The zero-order chi connectivity index (χ0) is 15.0. The summed E-state index contributed by atoms with van der Waals surface area (Å²) < 4.78 is 28.2. The zero-order valence-electron chi connectivity index (χ0n) is 11.0. The van der Waals surface area contributed by atoms with E-state index < -0.39 is 21.5 Å². The molecule has 0 aromatic carbocycles. The van der Waals surface area contributed by atoms with Crippen LogP contribution in [0.15, 0.2) is 11.2 Å². The number of carboxylic acids is 1. The summed E-state index contributed by atoms with van der Waals surface area (Å²) in [6.07, 6.45) is 4.02. The van der Waals surface area contributed by atoms with Gasteiger partial charge in [0.05, 0.1) is 11.2 Å². The molecule has 0 unspecified atom stereocenters. The summed E-state index contributed by atoms with van der Waals surface area (Å²) in [6.45, 7) is 0. The number of hydrogen-bond donors (Lipinski definition) is 2. The molecule has 1 aromatic heterocycles. The van der Waals surface area contributed by atoms with Gasteiger partial charge in [-0.3, -0.25) is 9.48 Å². The molecule has 7 nitrogen and oxygen atoms in total. The van der Waals surface area contributed by atoms with Crippen LogP contribution in [0, 0.1) is 0 Å². The van der Waals surface area contributed by atoms with Gasteiger partial charge in [0.1, 0.15) is 5.54 Å². The van der Waals surface area contributed by atoms with Crippen molar-refractivity contribution in [3.8, 4) is 0 Å². The maximum Gasteiger partial charge on any atom is 0.324 e. The molecule has 1 aromatic rings. The van der Waals surface area contributed by atoms with Crippen molar-refractivity contribution in [2.24, 2.45) is 7.05 Å². The third-order valence-electron chi connectivity index (χ3n) is 3.54.